The van der Waals surface area contributed by atoms with Gasteiger partial charge in [0, 0.05) is 5.56 Å². The maximum absolute atomic E-state index is 12.1. The summed E-state index contributed by atoms with van der Waals surface area (Å²) in [5.41, 5.74) is 6.38. The monoisotopic (exact) mass is 374 g/mol. The van der Waals surface area contributed by atoms with Crippen LogP contribution in [0.3, 0.4) is 0 Å². The predicted molar refractivity (Wildman–Crippen MR) is 99.4 cm³/mol. The van der Waals surface area contributed by atoms with E-state index >= 15 is 0 Å². The second kappa shape index (κ2) is 9.33. The largest absolute Gasteiger partial charge is 0.497 e. The molecule has 0 spiro atoms. The van der Waals surface area contributed by atoms with E-state index in [9.17, 15) is 4.79 Å². The minimum absolute atomic E-state index is 0.0148. The van der Waals surface area contributed by atoms with Gasteiger partial charge in [-0.15, -0.1) is 0 Å². The summed E-state index contributed by atoms with van der Waals surface area (Å²) < 4.78 is 20.9. The van der Waals surface area contributed by atoms with Crippen molar-refractivity contribution in [1.29, 1.82) is 0 Å². The van der Waals surface area contributed by atoms with E-state index in [2.05, 4.69) is 5.16 Å². The molecule has 0 saturated heterocycles. The molecule has 1 atom stereocenters. The molecule has 2 aromatic rings. The quantitative estimate of drug-likeness (QED) is 0.327. The Kier molecular flexibility index (Phi) is 6.87. The molecular weight excluding hydrogens is 352 g/mol. The molecule has 2 rings (SSSR count). The van der Waals surface area contributed by atoms with Gasteiger partial charge in [0.05, 0.1) is 21.3 Å². The molecule has 27 heavy (non-hydrogen) atoms. The van der Waals surface area contributed by atoms with Gasteiger partial charge < -0.3 is 29.5 Å². The van der Waals surface area contributed by atoms with Crippen LogP contribution in [-0.4, -0.2) is 39.2 Å². The van der Waals surface area contributed by atoms with Gasteiger partial charge in [-0.25, -0.2) is 4.79 Å². The summed E-state index contributed by atoms with van der Waals surface area (Å²) in [6, 6.07) is 11.8. The van der Waals surface area contributed by atoms with Crippen molar-refractivity contribution in [2.75, 3.05) is 21.3 Å². The first-order valence-electron chi connectivity index (χ1n) is 8.06. The number of nitrogens with zero attached hydrogens (tertiary/aromatic N) is 1. The molecule has 8 heteroatoms. The van der Waals surface area contributed by atoms with Gasteiger partial charge in [0.1, 0.15) is 11.5 Å². The van der Waals surface area contributed by atoms with Gasteiger partial charge in [0.25, 0.3) is 0 Å². The van der Waals surface area contributed by atoms with Gasteiger partial charge in [0.15, 0.2) is 23.4 Å². The van der Waals surface area contributed by atoms with Gasteiger partial charge in [-0.3, -0.25) is 0 Å². The summed E-state index contributed by atoms with van der Waals surface area (Å²) in [5.74, 6) is 1.54. The van der Waals surface area contributed by atoms with Gasteiger partial charge >= 0.3 is 5.97 Å². The highest BCUT2D eigenvalue weighted by atomic mass is 16.7. The van der Waals surface area contributed by atoms with Gasteiger partial charge in [-0.05, 0) is 49.4 Å². The Morgan fingerprint density at radius 3 is 2.15 bits per heavy atom. The van der Waals surface area contributed by atoms with E-state index in [-0.39, 0.29) is 5.84 Å². The number of hydrogen-bond donors (Lipinski definition) is 1. The lowest BCUT2D eigenvalue weighted by Gasteiger charge is -2.12. The minimum Gasteiger partial charge on any atom is -0.497 e. The zero-order valence-corrected chi connectivity index (χ0v) is 15.6. The third-order valence-corrected chi connectivity index (χ3v) is 3.62. The summed E-state index contributed by atoms with van der Waals surface area (Å²) in [4.78, 5) is 16.9. The Bertz CT molecular complexity index is 804. The van der Waals surface area contributed by atoms with Crippen molar-refractivity contribution < 1.29 is 28.6 Å². The lowest BCUT2D eigenvalue weighted by atomic mass is 10.2. The molecule has 0 unspecified atom stereocenters. The van der Waals surface area contributed by atoms with E-state index < -0.39 is 12.1 Å². The van der Waals surface area contributed by atoms with Crippen LogP contribution in [0.25, 0.3) is 0 Å². The fraction of sp³-hybridized carbons (Fsp3) is 0.263. The molecule has 0 radical (unpaired) electrons. The second-order valence-electron chi connectivity index (χ2n) is 5.39. The number of hydrogen-bond acceptors (Lipinski definition) is 7. The summed E-state index contributed by atoms with van der Waals surface area (Å²) >= 11 is 0. The SMILES string of the molecule is COc1ccc(O[C@@H](C)C(=O)O/N=C(/N)c2ccc(OC)c(OC)c2)cc1. The first-order valence-corrected chi connectivity index (χ1v) is 8.06. The summed E-state index contributed by atoms with van der Waals surface area (Å²) in [5, 5.41) is 3.66. The smallest absolute Gasteiger partial charge is 0.374 e. The normalized spacial score (nSPS) is 12.1. The van der Waals surface area contributed by atoms with Crippen LogP contribution in [0.1, 0.15) is 12.5 Å². The van der Waals surface area contributed by atoms with Crippen LogP contribution in [0.2, 0.25) is 0 Å². The van der Waals surface area contributed by atoms with E-state index in [1.165, 1.54) is 14.2 Å². The van der Waals surface area contributed by atoms with Crippen LogP contribution in [0, 0.1) is 0 Å². The molecule has 8 nitrogen and oxygen atoms in total. The zero-order chi connectivity index (χ0) is 19.8. The Hall–Kier alpha value is -3.42. The molecule has 0 bridgehead atoms. The number of ether oxygens (including phenoxy) is 4. The van der Waals surface area contributed by atoms with Crippen LogP contribution < -0.4 is 24.7 Å². The van der Waals surface area contributed by atoms with E-state index in [1.807, 2.05) is 0 Å². The van der Waals surface area contributed by atoms with Crippen LogP contribution in [0.4, 0.5) is 0 Å². The van der Waals surface area contributed by atoms with Crippen molar-refractivity contribution in [3.05, 3.63) is 48.0 Å². The lowest BCUT2D eigenvalue weighted by Crippen LogP contribution is -2.26. The number of oxime groups is 1. The Morgan fingerprint density at radius 2 is 1.56 bits per heavy atom. The number of carbonyl (C=O) groups is 1. The van der Waals surface area contributed by atoms with Crippen molar-refractivity contribution in [3.8, 4) is 23.0 Å². The van der Waals surface area contributed by atoms with Crippen LogP contribution in [-0.2, 0) is 9.63 Å². The minimum atomic E-state index is -0.875. The molecule has 0 fully saturated rings. The number of rotatable bonds is 8. The van der Waals surface area contributed by atoms with Crippen LogP contribution in [0.5, 0.6) is 23.0 Å². The number of amidine groups is 1. The first kappa shape index (κ1) is 19.9. The topological polar surface area (TPSA) is 102 Å². The average molecular weight is 374 g/mol. The lowest BCUT2D eigenvalue weighted by molar-refractivity contribution is -0.151. The van der Waals surface area contributed by atoms with Crippen molar-refractivity contribution >= 4 is 11.8 Å². The standard InChI is InChI=1S/C19H22N2O6/c1-12(26-15-8-6-14(23-2)7-9-15)19(22)27-21-18(20)13-5-10-16(24-3)17(11-13)25-4/h5-12H,1-4H3,(H2,20,21)/t12-/m0/s1. The Balaban J connectivity index is 1.99. The van der Waals surface area contributed by atoms with Crippen molar-refractivity contribution in [2.45, 2.75) is 13.0 Å². The second-order valence-corrected chi connectivity index (χ2v) is 5.39. The number of benzene rings is 2. The third kappa shape index (κ3) is 5.27. The molecule has 0 aromatic heterocycles. The highest BCUT2D eigenvalue weighted by Gasteiger charge is 2.17. The van der Waals surface area contributed by atoms with E-state index in [0.29, 0.717) is 28.6 Å². The molecule has 0 aliphatic rings. The molecule has 0 aliphatic carbocycles. The summed E-state index contributed by atoms with van der Waals surface area (Å²) in [6.07, 6.45) is -0.875. The third-order valence-electron chi connectivity index (χ3n) is 3.62. The predicted octanol–water partition coefficient (Wildman–Crippen LogP) is 2.34. The highest BCUT2D eigenvalue weighted by molar-refractivity contribution is 5.98. The molecule has 0 amide bonds. The van der Waals surface area contributed by atoms with Crippen molar-refractivity contribution in [1.82, 2.24) is 0 Å². The Morgan fingerprint density at radius 1 is 0.926 bits per heavy atom. The molecular formula is C19H22N2O6. The summed E-state index contributed by atoms with van der Waals surface area (Å²) in [6.45, 7) is 1.55. The van der Waals surface area contributed by atoms with E-state index in [4.69, 9.17) is 29.5 Å². The fourth-order valence-electron chi connectivity index (χ4n) is 2.12. The molecule has 144 valence electrons. The molecule has 0 aliphatic heterocycles. The molecule has 0 saturated carbocycles. The first-order chi connectivity index (χ1) is 13.0. The fourth-order valence-corrected chi connectivity index (χ4v) is 2.12. The number of nitrogens with two attached hydrogens (primary N) is 1. The zero-order valence-electron chi connectivity index (χ0n) is 15.6. The van der Waals surface area contributed by atoms with Crippen molar-refractivity contribution in [3.63, 3.8) is 0 Å². The van der Waals surface area contributed by atoms with Crippen LogP contribution >= 0.6 is 0 Å². The van der Waals surface area contributed by atoms with Crippen molar-refractivity contribution in [2.24, 2.45) is 10.9 Å². The summed E-state index contributed by atoms with van der Waals surface area (Å²) in [7, 11) is 4.60. The van der Waals surface area contributed by atoms with Gasteiger partial charge in [-0.1, -0.05) is 5.16 Å². The average Bonchev–Trinajstić information content (AvgIpc) is 2.71. The van der Waals surface area contributed by atoms with E-state index in [0.717, 1.165) is 0 Å². The van der Waals surface area contributed by atoms with Gasteiger partial charge in [-0.2, -0.15) is 0 Å². The highest BCUT2D eigenvalue weighted by Crippen LogP contribution is 2.27. The Labute approximate surface area is 157 Å². The van der Waals surface area contributed by atoms with Crippen LogP contribution in [0.15, 0.2) is 47.6 Å². The molecule has 2 N–H and O–H groups in total. The number of carbonyl (C=O) groups excluding carboxylic acids is 1. The molecule has 2 aromatic carbocycles. The van der Waals surface area contributed by atoms with E-state index in [1.54, 1.807) is 56.5 Å². The molecule has 0 heterocycles. The van der Waals surface area contributed by atoms with Gasteiger partial charge in [0.2, 0.25) is 0 Å². The number of methoxy groups -OCH3 is 3. The maximum atomic E-state index is 12.1. The maximum Gasteiger partial charge on any atom is 0.374 e.